The molecular weight excluding hydrogens is 290 g/mol. The van der Waals surface area contributed by atoms with Crippen molar-refractivity contribution in [2.45, 2.75) is 25.3 Å². The molecule has 1 unspecified atom stereocenters. The lowest BCUT2D eigenvalue weighted by atomic mass is 10.1. The third-order valence-corrected chi connectivity index (χ3v) is 3.78. The van der Waals surface area contributed by atoms with Gasteiger partial charge in [-0.15, -0.1) is 6.58 Å². The van der Waals surface area contributed by atoms with Crippen LogP contribution >= 0.6 is 15.9 Å². The number of hydrogen-bond donors (Lipinski definition) is 1. The smallest absolute Gasteiger partial charge is 0.0591 e. The van der Waals surface area contributed by atoms with Crippen molar-refractivity contribution in [3.05, 3.63) is 46.5 Å². The van der Waals surface area contributed by atoms with Crippen molar-refractivity contribution in [3.8, 4) is 0 Å². The van der Waals surface area contributed by atoms with Gasteiger partial charge in [0.1, 0.15) is 0 Å². The topological polar surface area (TPSA) is 21.3 Å². The van der Waals surface area contributed by atoms with Gasteiger partial charge in [-0.25, -0.2) is 0 Å². The molecule has 0 saturated carbocycles. The monoisotopic (exact) mass is 309 g/mol. The molecule has 0 saturated heterocycles. The minimum Gasteiger partial charge on any atom is -0.380 e. The van der Waals surface area contributed by atoms with E-state index in [9.17, 15) is 0 Å². The molecular formula is C15H20BrNO. The van der Waals surface area contributed by atoms with Gasteiger partial charge in [0.25, 0.3) is 0 Å². The average molecular weight is 310 g/mol. The first kappa shape index (κ1) is 13.8. The molecule has 0 radical (unpaired) electrons. The molecule has 3 heteroatoms. The summed E-state index contributed by atoms with van der Waals surface area (Å²) in [7, 11) is 0. The average Bonchev–Trinajstić information content (AvgIpc) is 2.76. The van der Waals surface area contributed by atoms with Crippen molar-refractivity contribution in [2.75, 3.05) is 19.8 Å². The molecule has 0 fully saturated rings. The van der Waals surface area contributed by atoms with Crippen LogP contribution in [-0.4, -0.2) is 19.8 Å². The molecule has 1 aliphatic carbocycles. The largest absolute Gasteiger partial charge is 0.380 e. The fraction of sp³-hybridized carbons (Fsp3) is 0.467. The maximum absolute atomic E-state index is 5.50. The lowest BCUT2D eigenvalue weighted by Crippen LogP contribution is -2.23. The second-order valence-electron chi connectivity index (χ2n) is 4.58. The summed E-state index contributed by atoms with van der Waals surface area (Å²) in [6.45, 7) is 6.13. The summed E-state index contributed by atoms with van der Waals surface area (Å²) in [6, 6.07) is 7.07. The summed E-state index contributed by atoms with van der Waals surface area (Å²) in [4.78, 5) is 0. The summed E-state index contributed by atoms with van der Waals surface area (Å²) >= 11 is 3.54. The Kier molecular flexibility index (Phi) is 5.42. The summed E-state index contributed by atoms with van der Waals surface area (Å²) in [5.74, 6) is 0. The van der Waals surface area contributed by atoms with Crippen LogP contribution in [0.3, 0.4) is 0 Å². The molecule has 0 amide bonds. The van der Waals surface area contributed by atoms with Gasteiger partial charge in [-0.05, 0) is 42.5 Å². The molecule has 98 valence electrons. The lowest BCUT2D eigenvalue weighted by molar-refractivity contribution is 0.138. The molecule has 0 aromatic heterocycles. The van der Waals surface area contributed by atoms with Crippen molar-refractivity contribution in [3.63, 3.8) is 0 Å². The highest BCUT2D eigenvalue weighted by Crippen LogP contribution is 2.32. The van der Waals surface area contributed by atoms with Crippen LogP contribution in [0.4, 0.5) is 0 Å². The Morgan fingerprint density at radius 2 is 2.33 bits per heavy atom. The Balaban J connectivity index is 1.76. The van der Waals surface area contributed by atoms with E-state index in [0.717, 1.165) is 30.7 Å². The highest BCUT2D eigenvalue weighted by atomic mass is 79.9. The molecule has 2 nitrogen and oxygen atoms in total. The van der Waals surface area contributed by atoms with Crippen LogP contribution in [-0.2, 0) is 11.2 Å². The maximum atomic E-state index is 5.50. The van der Waals surface area contributed by atoms with E-state index >= 15 is 0 Å². The Labute approximate surface area is 118 Å². The van der Waals surface area contributed by atoms with Crippen molar-refractivity contribution >= 4 is 15.9 Å². The molecule has 1 aromatic carbocycles. The molecule has 1 aliphatic rings. The fourth-order valence-corrected chi connectivity index (χ4v) is 2.74. The molecule has 2 rings (SSSR count). The van der Waals surface area contributed by atoms with Crippen LogP contribution in [0.1, 0.15) is 30.0 Å². The van der Waals surface area contributed by atoms with Crippen LogP contribution in [0.5, 0.6) is 0 Å². The zero-order valence-electron chi connectivity index (χ0n) is 10.6. The van der Waals surface area contributed by atoms with Gasteiger partial charge < -0.3 is 10.1 Å². The lowest BCUT2D eigenvalue weighted by Gasteiger charge is -2.14. The van der Waals surface area contributed by atoms with Gasteiger partial charge in [0.05, 0.1) is 13.2 Å². The quantitative estimate of drug-likeness (QED) is 0.613. The van der Waals surface area contributed by atoms with Gasteiger partial charge in [-0.1, -0.05) is 28.1 Å². The molecule has 0 heterocycles. The van der Waals surface area contributed by atoms with Crippen LogP contribution in [0.2, 0.25) is 0 Å². The number of fused-ring (bicyclic) bond motifs is 1. The fourth-order valence-electron chi connectivity index (χ4n) is 2.36. The Morgan fingerprint density at radius 3 is 3.17 bits per heavy atom. The SMILES string of the molecule is C=CCCOCCNC1CCc2ccc(Br)cc21. The number of ether oxygens (including phenoxy) is 1. The summed E-state index contributed by atoms with van der Waals surface area (Å²) in [6.07, 6.45) is 5.19. The van der Waals surface area contributed by atoms with Gasteiger partial charge in [-0.2, -0.15) is 0 Å². The normalized spacial score (nSPS) is 17.7. The zero-order chi connectivity index (χ0) is 12.8. The van der Waals surface area contributed by atoms with Gasteiger partial charge in [-0.3, -0.25) is 0 Å². The Hall–Kier alpha value is -0.640. The van der Waals surface area contributed by atoms with E-state index in [1.807, 2.05) is 6.08 Å². The first-order valence-electron chi connectivity index (χ1n) is 6.51. The zero-order valence-corrected chi connectivity index (χ0v) is 12.2. The van der Waals surface area contributed by atoms with Gasteiger partial charge in [0.2, 0.25) is 0 Å². The number of halogens is 1. The Bertz CT molecular complexity index is 405. The van der Waals surface area contributed by atoms with E-state index in [1.165, 1.54) is 24.0 Å². The predicted molar refractivity (Wildman–Crippen MR) is 78.8 cm³/mol. The predicted octanol–water partition coefficient (Wildman–Crippen LogP) is 3.62. The molecule has 1 N–H and O–H groups in total. The van der Waals surface area contributed by atoms with Crippen molar-refractivity contribution in [1.82, 2.24) is 5.32 Å². The van der Waals surface area contributed by atoms with Gasteiger partial charge in [0.15, 0.2) is 0 Å². The highest BCUT2D eigenvalue weighted by Gasteiger charge is 2.21. The maximum Gasteiger partial charge on any atom is 0.0591 e. The first-order chi connectivity index (χ1) is 8.81. The minimum absolute atomic E-state index is 0.487. The highest BCUT2D eigenvalue weighted by molar-refractivity contribution is 9.10. The van der Waals surface area contributed by atoms with Gasteiger partial charge >= 0.3 is 0 Å². The molecule has 0 spiro atoms. The second-order valence-corrected chi connectivity index (χ2v) is 5.49. The molecule has 18 heavy (non-hydrogen) atoms. The van der Waals surface area contributed by atoms with Crippen LogP contribution in [0, 0.1) is 0 Å². The van der Waals surface area contributed by atoms with Crippen molar-refractivity contribution in [2.24, 2.45) is 0 Å². The standard InChI is InChI=1S/C15H20BrNO/c1-2-3-9-18-10-8-17-15-7-5-12-4-6-13(16)11-14(12)15/h2,4,6,11,15,17H,1,3,5,7-10H2. The molecule has 1 atom stereocenters. The third-order valence-electron chi connectivity index (χ3n) is 3.29. The summed E-state index contributed by atoms with van der Waals surface area (Å²) < 4.78 is 6.67. The molecule has 0 bridgehead atoms. The number of benzene rings is 1. The van der Waals surface area contributed by atoms with Gasteiger partial charge in [0, 0.05) is 17.1 Å². The number of rotatable bonds is 7. The van der Waals surface area contributed by atoms with E-state index in [2.05, 4.69) is 46.0 Å². The minimum atomic E-state index is 0.487. The Morgan fingerprint density at radius 1 is 1.44 bits per heavy atom. The second kappa shape index (κ2) is 7.07. The van der Waals surface area contributed by atoms with Crippen LogP contribution < -0.4 is 5.32 Å². The van der Waals surface area contributed by atoms with Crippen molar-refractivity contribution in [1.29, 1.82) is 0 Å². The van der Waals surface area contributed by atoms with Crippen molar-refractivity contribution < 1.29 is 4.74 Å². The van der Waals surface area contributed by atoms with E-state index in [4.69, 9.17) is 4.74 Å². The number of hydrogen-bond acceptors (Lipinski definition) is 2. The van der Waals surface area contributed by atoms with E-state index in [0.29, 0.717) is 6.04 Å². The van der Waals surface area contributed by atoms with E-state index < -0.39 is 0 Å². The van der Waals surface area contributed by atoms with E-state index in [1.54, 1.807) is 0 Å². The summed E-state index contributed by atoms with van der Waals surface area (Å²) in [5, 5.41) is 3.57. The summed E-state index contributed by atoms with van der Waals surface area (Å²) in [5.41, 5.74) is 2.92. The number of nitrogens with one attached hydrogen (secondary N) is 1. The number of aryl methyl sites for hydroxylation is 1. The molecule has 0 aliphatic heterocycles. The molecule has 1 aromatic rings. The van der Waals surface area contributed by atoms with Crippen LogP contribution in [0.25, 0.3) is 0 Å². The third kappa shape index (κ3) is 3.67. The van der Waals surface area contributed by atoms with Crippen LogP contribution in [0.15, 0.2) is 35.3 Å². The first-order valence-corrected chi connectivity index (χ1v) is 7.31. The van der Waals surface area contributed by atoms with E-state index in [-0.39, 0.29) is 0 Å².